The maximum absolute atomic E-state index is 12.1. The van der Waals surface area contributed by atoms with E-state index in [4.69, 9.17) is 0 Å². The molecule has 110 valence electrons. The van der Waals surface area contributed by atoms with Crippen molar-refractivity contribution in [1.82, 2.24) is 5.32 Å². The summed E-state index contributed by atoms with van der Waals surface area (Å²) in [6.45, 7) is 7.45. The lowest BCUT2D eigenvalue weighted by atomic mass is 9.89. The largest absolute Gasteiger partial charge is 0.391 e. The zero-order valence-electron chi connectivity index (χ0n) is 12.5. The quantitative estimate of drug-likeness (QED) is 0.790. The van der Waals surface area contributed by atoms with E-state index in [0.29, 0.717) is 18.5 Å². The van der Waals surface area contributed by atoms with Crippen LogP contribution in [0.3, 0.4) is 0 Å². The molecular weight excluding hydrogens is 252 g/mol. The first-order valence-corrected chi connectivity index (χ1v) is 7.18. The number of nitrogens with one attached hydrogen (secondary N) is 2. The molecule has 20 heavy (non-hydrogen) atoms. The summed E-state index contributed by atoms with van der Waals surface area (Å²) in [4.78, 5) is 12.1. The van der Waals surface area contributed by atoms with Gasteiger partial charge in [0, 0.05) is 24.3 Å². The minimum atomic E-state index is -0.508. The molecule has 0 spiro atoms. The van der Waals surface area contributed by atoms with Gasteiger partial charge in [0.05, 0.1) is 6.10 Å². The predicted molar refractivity (Wildman–Crippen MR) is 81.0 cm³/mol. The lowest BCUT2D eigenvalue weighted by Gasteiger charge is -2.22. The van der Waals surface area contributed by atoms with Crippen LogP contribution < -0.4 is 10.6 Å². The van der Waals surface area contributed by atoms with Crippen LogP contribution in [-0.4, -0.2) is 30.2 Å². The van der Waals surface area contributed by atoms with Crippen molar-refractivity contribution in [2.24, 2.45) is 5.41 Å². The van der Waals surface area contributed by atoms with Gasteiger partial charge in [0.25, 0.3) is 5.91 Å². The van der Waals surface area contributed by atoms with Crippen LogP contribution in [0.1, 0.15) is 43.1 Å². The summed E-state index contributed by atoms with van der Waals surface area (Å²) in [6, 6.07) is 5.72. The topological polar surface area (TPSA) is 61.4 Å². The minimum Gasteiger partial charge on any atom is -0.391 e. The molecule has 1 aliphatic rings. The van der Waals surface area contributed by atoms with Gasteiger partial charge in [-0.05, 0) is 36.0 Å². The van der Waals surface area contributed by atoms with Crippen molar-refractivity contribution in [2.75, 3.05) is 18.4 Å². The van der Waals surface area contributed by atoms with Crippen LogP contribution in [0.4, 0.5) is 5.69 Å². The number of aliphatic hydroxyl groups is 1. The molecule has 3 N–H and O–H groups in total. The van der Waals surface area contributed by atoms with Gasteiger partial charge in [0.2, 0.25) is 0 Å². The molecule has 4 heteroatoms. The van der Waals surface area contributed by atoms with Crippen molar-refractivity contribution in [3.63, 3.8) is 0 Å². The Morgan fingerprint density at radius 2 is 2.20 bits per heavy atom. The van der Waals surface area contributed by atoms with Crippen molar-refractivity contribution in [2.45, 2.75) is 39.7 Å². The fourth-order valence-corrected chi connectivity index (χ4v) is 2.52. The Kier molecular flexibility index (Phi) is 4.33. The van der Waals surface area contributed by atoms with E-state index in [1.165, 1.54) is 5.56 Å². The highest BCUT2D eigenvalue weighted by Crippen LogP contribution is 2.23. The van der Waals surface area contributed by atoms with Crippen LogP contribution in [-0.2, 0) is 6.42 Å². The van der Waals surface area contributed by atoms with Crippen molar-refractivity contribution in [1.29, 1.82) is 0 Å². The molecule has 1 aromatic rings. The highest BCUT2D eigenvalue weighted by molar-refractivity contribution is 5.95. The first-order chi connectivity index (χ1) is 9.35. The lowest BCUT2D eigenvalue weighted by Crippen LogP contribution is -2.34. The van der Waals surface area contributed by atoms with E-state index in [-0.39, 0.29) is 11.3 Å². The summed E-state index contributed by atoms with van der Waals surface area (Å²) < 4.78 is 0. The lowest BCUT2D eigenvalue weighted by molar-refractivity contribution is 0.0868. The third-order valence-electron chi connectivity index (χ3n) is 3.43. The van der Waals surface area contributed by atoms with Crippen molar-refractivity contribution in [3.05, 3.63) is 29.3 Å². The molecule has 0 aromatic heterocycles. The SMILES string of the molecule is CC(C)(C)CC(O)CNC(=O)c1ccc2c(c1)NCC2. The first kappa shape index (κ1) is 14.9. The Balaban J connectivity index is 1.89. The summed E-state index contributed by atoms with van der Waals surface area (Å²) in [5.41, 5.74) is 3.00. The van der Waals surface area contributed by atoms with Gasteiger partial charge in [-0.1, -0.05) is 26.8 Å². The molecule has 0 radical (unpaired) electrons. The molecule has 1 atom stereocenters. The third kappa shape index (κ3) is 3.97. The Morgan fingerprint density at radius 3 is 2.90 bits per heavy atom. The van der Waals surface area contributed by atoms with Gasteiger partial charge in [0.15, 0.2) is 0 Å². The van der Waals surface area contributed by atoms with E-state index in [2.05, 4.69) is 31.4 Å². The molecular formula is C16H24N2O2. The number of carbonyl (C=O) groups excluding carboxylic acids is 1. The van der Waals surface area contributed by atoms with Gasteiger partial charge in [-0.2, -0.15) is 0 Å². The normalized spacial score (nSPS) is 15.4. The monoisotopic (exact) mass is 276 g/mol. The van der Waals surface area contributed by atoms with Crippen LogP contribution >= 0.6 is 0 Å². The number of amides is 1. The highest BCUT2D eigenvalue weighted by Gasteiger charge is 2.18. The maximum Gasteiger partial charge on any atom is 0.251 e. The summed E-state index contributed by atoms with van der Waals surface area (Å²) >= 11 is 0. The van der Waals surface area contributed by atoms with Crippen molar-refractivity contribution >= 4 is 11.6 Å². The Hall–Kier alpha value is -1.55. The number of carbonyl (C=O) groups is 1. The summed E-state index contributed by atoms with van der Waals surface area (Å²) in [7, 11) is 0. The van der Waals surface area contributed by atoms with Gasteiger partial charge in [-0.15, -0.1) is 0 Å². The van der Waals surface area contributed by atoms with Crippen molar-refractivity contribution in [3.8, 4) is 0 Å². The minimum absolute atomic E-state index is 0.0572. The summed E-state index contributed by atoms with van der Waals surface area (Å²) in [6.07, 6.45) is 1.17. The number of rotatable bonds is 4. The van der Waals surface area contributed by atoms with Gasteiger partial charge in [-0.25, -0.2) is 0 Å². The van der Waals surface area contributed by atoms with E-state index < -0.39 is 6.10 Å². The van der Waals surface area contributed by atoms with Crippen LogP contribution in [0.15, 0.2) is 18.2 Å². The van der Waals surface area contributed by atoms with E-state index in [1.807, 2.05) is 18.2 Å². The Morgan fingerprint density at radius 1 is 1.45 bits per heavy atom. The number of hydrogen-bond donors (Lipinski definition) is 3. The zero-order valence-corrected chi connectivity index (χ0v) is 12.5. The molecule has 0 aliphatic carbocycles. The van der Waals surface area contributed by atoms with E-state index in [1.54, 1.807) is 0 Å². The molecule has 0 bridgehead atoms. The average Bonchev–Trinajstić information content (AvgIpc) is 2.80. The number of aliphatic hydroxyl groups excluding tert-OH is 1. The van der Waals surface area contributed by atoms with E-state index >= 15 is 0 Å². The Bertz CT molecular complexity index is 492. The molecule has 1 heterocycles. The van der Waals surface area contributed by atoms with Crippen molar-refractivity contribution < 1.29 is 9.90 Å². The second-order valence-corrected chi connectivity index (χ2v) is 6.68. The second kappa shape index (κ2) is 5.83. The molecule has 1 amide bonds. The highest BCUT2D eigenvalue weighted by atomic mass is 16.3. The predicted octanol–water partition coefficient (Wildman–Crippen LogP) is 2.18. The molecule has 0 saturated heterocycles. The maximum atomic E-state index is 12.1. The van der Waals surface area contributed by atoms with Gasteiger partial charge >= 0.3 is 0 Å². The van der Waals surface area contributed by atoms with Crippen LogP contribution in [0, 0.1) is 5.41 Å². The van der Waals surface area contributed by atoms with E-state index in [0.717, 1.165) is 18.7 Å². The molecule has 4 nitrogen and oxygen atoms in total. The van der Waals surface area contributed by atoms with Gasteiger partial charge in [-0.3, -0.25) is 4.79 Å². The molecule has 1 unspecified atom stereocenters. The molecule has 0 saturated carbocycles. The number of anilines is 1. The third-order valence-corrected chi connectivity index (χ3v) is 3.43. The van der Waals surface area contributed by atoms with Crippen LogP contribution in [0.5, 0.6) is 0 Å². The molecule has 0 fully saturated rings. The number of fused-ring (bicyclic) bond motifs is 1. The number of benzene rings is 1. The fourth-order valence-electron chi connectivity index (χ4n) is 2.52. The molecule has 1 aliphatic heterocycles. The second-order valence-electron chi connectivity index (χ2n) is 6.68. The zero-order chi connectivity index (χ0) is 14.8. The summed E-state index contributed by atoms with van der Waals surface area (Å²) in [5.74, 6) is -0.130. The van der Waals surface area contributed by atoms with E-state index in [9.17, 15) is 9.90 Å². The van der Waals surface area contributed by atoms with Crippen LogP contribution in [0.25, 0.3) is 0 Å². The van der Waals surface area contributed by atoms with Gasteiger partial charge < -0.3 is 15.7 Å². The smallest absolute Gasteiger partial charge is 0.251 e. The fraction of sp³-hybridized carbons (Fsp3) is 0.562. The summed E-state index contributed by atoms with van der Waals surface area (Å²) in [5, 5.41) is 16.0. The first-order valence-electron chi connectivity index (χ1n) is 7.18. The molecule has 1 aromatic carbocycles. The standard InChI is InChI=1S/C16H24N2O2/c1-16(2,3)9-13(19)10-18-15(20)12-5-4-11-6-7-17-14(11)8-12/h4-5,8,13,17,19H,6-7,9-10H2,1-3H3,(H,18,20). The Labute approximate surface area is 120 Å². The van der Waals surface area contributed by atoms with Crippen LogP contribution in [0.2, 0.25) is 0 Å². The van der Waals surface area contributed by atoms with Gasteiger partial charge in [0.1, 0.15) is 0 Å². The molecule has 2 rings (SSSR count). The average molecular weight is 276 g/mol. The number of hydrogen-bond acceptors (Lipinski definition) is 3.